The fourth-order valence-corrected chi connectivity index (χ4v) is 82.0. The van der Waals surface area contributed by atoms with Crippen molar-refractivity contribution in [2.75, 3.05) is 12.3 Å². The number of allylic oxidation sites excluding steroid dienone is 4. The Hall–Kier alpha value is 1.58. The van der Waals surface area contributed by atoms with Gasteiger partial charge >= 0.3 is 184 Å². The molecule has 0 saturated heterocycles. The molecule has 170 valence electrons. The molecule has 0 aromatic rings. The van der Waals surface area contributed by atoms with Crippen molar-refractivity contribution < 1.29 is 12.5 Å². The van der Waals surface area contributed by atoms with E-state index in [1.165, 1.54) is 11.1 Å². The minimum atomic E-state index is -2.67. The minimum absolute atomic E-state index is 0.608. The van der Waals surface area contributed by atoms with Crippen molar-refractivity contribution in [3.8, 4) is 0 Å². The molecule has 5 heteroatoms. The maximum atomic E-state index is 7.91. The van der Waals surface area contributed by atoms with E-state index in [1.807, 2.05) is 0 Å². The molecule has 0 aliphatic rings. The van der Waals surface area contributed by atoms with E-state index in [0.717, 1.165) is 12.3 Å². The first-order chi connectivity index (χ1) is 12.1. The van der Waals surface area contributed by atoms with Crippen LogP contribution in [-0.2, 0) is 12.5 Å². The molecule has 0 aromatic carbocycles. The van der Waals surface area contributed by atoms with Crippen molar-refractivity contribution in [2.45, 2.75) is 106 Å². The standard InChI is InChI=1S/2C11H23P.2ClH.Pd/c2*1-9(2)7-8-12(10(3)4)11(5)6;;;/h2*7,10-11H,8H2,1-6H3;2*1H;. The van der Waals surface area contributed by atoms with Crippen molar-refractivity contribution in [2.24, 2.45) is 0 Å². The van der Waals surface area contributed by atoms with Crippen LogP contribution in [0.5, 0.6) is 0 Å². The summed E-state index contributed by atoms with van der Waals surface area (Å²) in [6.45, 7) is 28.2. The first-order valence-electron chi connectivity index (χ1n) is 10.4. The van der Waals surface area contributed by atoms with Crippen molar-refractivity contribution >= 4 is 30.0 Å². The Kier molecular flexibility index (Phi) is 11.9. The summed E-state index contributed by atoms with van der Waals surface area (Å²) in [7, 11) is 15.8. The third kappa shape index (κ3) is 5.84. The summed E-state index contributed by atoms with van der Waals surface area (Å²) in [5.74, 6) is 0. The van der Waals surface area contributed by atoms with Gasteiger partial charge < -0.3 is 0 Å². The van der Waals surface area contributed by atoms with E-state index in [4.69, 9.17) is 19.1 Å². The van der Waals surface area contributed by atoms with Gasteiger partial charge in [-0.25, -0.2) is 0 Å². The van der Waals surface area contributed by atoms with Crippen LogP contribution in [0.4, 0.5) is 0 Å². The number of hydrogen-bond acceptors (Lipinski definition) is 0. The first-order valence-corrected chi connectivity index (χ1v) is 23.5. The van der Waals surface area contributed by atoms with Crippen LogP contribution in [0.1, 0.15) is 83.1 Å². The van der Waals surface area contributed by atoms with E-state index in [9.17, 15) is 0 Å². The predicted octanol–water partition coefficient (Wildman–Crippen LogP) is 9.34. The van der Waals surface area contributed by atoms with Gasteiger partial charge in [-0.2, -0.15) is 0 Å². The second kappa shape index (κ2) is 11.3. The van der Waals surface area contributed by atoms with Gasteiger partial charge in [-0.1, -0.05) is 0 Å². The Morgan fingerprint density at radius 3 is 1.00 bits per heavy atom. The molecule has 0 spiro atoms. The summed E-state index contributed by atoms with van der Waals surface area (Å²) >= 11 is -2.67. The predicted molar refractivity (Wildman–Crippen MR) is 137 cm³/mol. The van der Waals surface area contributed by atoms with Crippen molar-refractivity contribution in [3.05, 3.63) is 23.3 Å². The van der Waals surface area contributed by atoms with Gasteiger partial charge in [-0.3, -0.25) is 0 Å². The molecule has 0 bridgehead atoms. The maximum absolute atomic E-state index is 7.91. The van der Waals surface area contributed by atoms with Crippen molar-refractivity contribution in [1.29, 1.82) is 0 Å². The molecule has 0 aliphatic carbocycles. The van der Waals surface area contributed by atoms with Crippen LogP contribution in [0.15, 0.2) is 23.3 Å². The molecule has 0 atom stereocenters. The molecule has 0 saturated carbocycles. The molecule has 0 aliphatic heterocycles. The quantitative estimate of drug-likeness (QED) is 0.144. The first kappa shape index (κ1) is 28.6. The molecule has 0 N–H and O–H groups in total. The zero-order valence-electron chi connectivity index (χ0n) is 20.0. The van der Waals surface area contributed by atoms with Crippen molar-refractivity contribution in [3.63, 3.8) is 0 Å². The second-order valence-corrected chi connectivity index (χ2v) is 46.3. The third-order valence-electron chi connectivity index (χ3n) is 6.06. The van der Waals surface area contributed by atoms with Crippen LogP contribution in [-0.4, -0.2) is 35.0 Å². The molecule has 0 heterocycles. The van der Waals surface area contributed by atoms with Crippen LogP contribution in [0, 0.1) is 0 Å². The van der Waals surface area contributed by atoms with Crippen molar-refractivity contribution in [1.82, 2.24) is 0 Å². The van der Waals surface area contributed by atoms with Crippen LogP contribution in [0.25, 0.3) is 0 Å². The van der Waals surface area contributed by atoms with E-state index in [1.54, 1.807) is 0 Å². The van der Waals surface area contributed by atoms with Gasteiger partial charge in [0.2, 0.25) is 0 Å². The van der Waals surface area contributed by atoms with Crippen LogP contribution in [0.3, 0.4) is 0 Å². The summed E-state index contributed by atoms with van der Waals surface area (Å²) in [6, 6.07) is 0. The monoisotopic (exact) mass is 550 g/mol. The van der Waals surface area contributed by atoms with Gasteiger partial charge in [-0.05, 0) is 0 Å². The van der Waals surface area contributed by atoms with E-state index in [2.05, 4.69) is 95.2 Å². The van der Waals surface area contributed by atoms with Gasteiger partial charge in [0.15, 0.2) is 0 Å². The topological polar surface area (TPSA) is 0 Å². The molecule has 27 heavy (non-hydrogen) atoms. The Labute approximate surface area is 183 Å². The summed E-state index contributed by atoms with van der Waals surface area (Å²) in [5.41, 5.74) is 1.36. The zero-order chi connectivity index (χ0) is 21.8. The Morgan fingerprint density at radius 1 is 0.630 bits per heavy atom. The molecule has 0 unspecified atom stereocenters. The molecular formula is C22H48Cl2P2Pd. The van der Waals surface area contributed by atoms with Gasteiger partial charge in [0, 0.05) is 0 Å². The Bertz CT molecular complexity index is 464. The van der Waals surface area contributed by atoms with Crippen LogP contribution >= 0.6 is 30.0 Å². The zero-order valence-corrected chi connectivity index (χ0v) is 25.0. The van der Waals surface area contributed by atoms with E-state index >= 15 is 0 Å². The summed E-state index contributed by atoms with van der Waals surface area (Å²) in [6.07, 6.45) is 7.22. The average Bonchev–Trinajstić information content (AvgIpc) is 2.45. The number of halogens is 2. The average molecular weight is 552 g/mol. The molecule has 0 aromatic heterocycles. The Balaban J connectivity index is 6.93. The summed E-state index contributed by atoms with van der Waals surface area (Å²) in [4.78, 5) is 0. The van der Waals surface area contributed by atoms with Gasteiger partial charge in [0.1, 0.15) is 0 Å². The van der Waals surface area contributed by atoms with Gasteiger partial charge in [0.05, 0.1) is 0 Å². The molecule has 0 nitrogen and oxygen atoms in total. The number of rotatable bonds is 10. The third-order valence-corrected chi connectivity index (χ3v) is 66.4. The van der Waals surface area contributed by atoms with Gasteiger partial charge in [-0.15, -0.1) is 0 Å². The van der Waals surface area contributed by atoms with E-state index in [-0.39, 0.29) is 0 Å². The summed E-state index contributed by atoms with van der Waals surface area (Å²) in [5, 5.41) is 0. The fourth-order valence-electron chi connectivity index (χ4n) is 4.34. The molecule has 0 radical (unpaired) electrons. The van der Waals surface area contributed by atoms with Crippen LogP contribution in [0.2, 0.25) is 0 Å². The van der Waals surface area contributed by atoms with E-state index < -0.39 is 23.4 Å². The second-order valence-electron chi connectivity index (χ2n) is 9.69. The Morgan fingerprint density at radius 2 is 0.852 bits per heavy atom. The molecular weight excluding hydrogens is 504 g/mol. The molecule has 0 rings (SSSR count). The molecule has 0 fully saturated rings. The normalized spacial score (nSPS) is 15.5. The summed E-state index contributed by atoms with van der Waals surface area (Å²) < 4.78 is 0. The fraction of sp³-hybridized carbons (Fsp3) is 0.818. The van der Waals surface area contributed by atoms with Gasteiger partial charge in [0.25, 0.3) is 0 Å². The number of hydrogen-bond donors (Lipinski definition) is 0. The molecule has 0 amide bonds. The van der Waals surface area contributed by atoms with E-state index in [0.29, 0.717) is 22.6 Å². The SMILES string of the molecule is CC(C)=CC[PH](C(C)C)(C(C)C)[Pd]([Cl])([Cl])[PH](CC=C(C)C)(C(C)C)C(C)C. The van der Waals surface area contributed by atoms with Crippen LogP contribution < -0.4 is 0 Å².